The van der Waals surface area contributed by atoms with Gasteiger partial charge in [0.05, 0.1) is 14.2 Å². The highest BCUT2D eigenvalue weighted by Gasteiger charge is 2.21. The lowest BCUT2D eigenvalue weighted by atomic mass is 9.96. The summed E-state index contributed by atoms with van der Waals surface area (Å²) < 4.78 is 11.7. The molecule has 1 aliphatic heterocycles. The zero-order valence-corrected chi connectivity index (χ0v) is 11.8. The Kier molecular flexibility index (Phi) is 4.29. The first kappa shape index (κ1) is 12.7. The first-order chi connectivity index (χ1) is 8.27. The van der Waals surface area contributed by atoms with Crippen LogP contribution in [0.4, 0.5) is 0 Å². The standard InChI is InChI=1S/C13H18BrNO2/c1-16-11-7-6-9(13(17-2)12(11)14)10-5-3-4-8-15-10/h6-7,10,15H,3-5,8H2,1-2H3. The summed E-state index contributed by atoms with van der Waals surface area (Å²) >= 11 is 3.54. The molecular formula is C13H18BrNO2. The molecule has 2 rings (SSSR count). The van der Waals surface area contributed by atoms with Crippen molar-refractivity contribution in [3.05, 3.63) is 22.2 Å². The number of hydrogen-bond donors (Lipinski definition) is 1. The molecule has 1 aromatic carbocycles. The van der Waals surface area contributed by atoms with Gasteiger partial charge in [0.15, 0.2) is 0 Å². The first-order valence-corrected chi connectivity index (χ1v) is 6.71. The Morgan fingerprint density at radius 1 is 1.24 bits per heavy atom. The Bertz CT molecular complexity index is 389. The summed E-state index contributed by atoms with van der Waals surface area (Å²) in [5.74, 6) is 1.69. The molecule has 1 atom stereocenters. The minimum absolute atomic E-state index is 0.390. The number of ether oxygens (including phenoxy) is 2. The molecule has 1 N–H and O–H groups in total. The fourth-order valence-electron chi connectivity index (χ4n) is 2.31. The number of piperidine rings is 1. The van der Waals surface area contributed by atoms with E-state index in [4.69, 9.17) is 9.47 Å². The average molecular weight is 300 g/mol. The molecule has 0 spiro atoms. The maximum absolute atomic E-state index is 5.50. The van der Waals surface area contributed by atoms with Gasteiger partial charge in [-0.2, -0.15) is 0 Å². The molecule has 0 saturated carbocycles. The smallest absolute Gasteiger partial charge is 0.141 e. The minimum Gasteiger partial charge on any atom is -0.495 e. The zero-order valence-electron chi connectivity index (χ0n) is 10.3. The summed E-state index contributed by atoms with van der Waals surface area (Å²) in [5, 5.41) is 3.53. The maximum Gasteiger partial charge on any atom is 0.141 e. The molecule has 0 amide bonds. The van der Waals surface area contributed by atoms with Gasteiger partial charge in [-0.25, -0.2) is 0 Å². The van der Waals surface area contributed by atoms with Crippen LogP contribution < -0.4 is 14.8 Å². The Morgan fingerprint density at radius 2 is 2.06 bits per heavy atom. The van der Waals surface area contributed by atoms with Crippen LogP contribution >= 0.6 is 15.9 Å². The van der Waals surface area contributed by atoms with E-state index < -0.39 is 0 Å². The molecule has 0 aromatic heterocycles. The van der Waals surface area contributed by atoms with Crippen molar-refractivity contribution in [2.24, 2.45) is 0 Å². The van der Waals surface area contributed by atoms with Crippen LogP contribution in [0.5, 0.6) is 11.5 Å². The SMILES string of the molecule is COc1ccc(C2CCCCN2)c(OC)c1Br. The molecule has 0 aliphatic carbocycles. The van der Waals surface area contributed by atoms with Gasteiger partial charge in [-0.15, -0.1) is 0 Å². The van der Waals surface area contributed by atoms with Crippen LogP contribution in [-0.2, 0) is 0 Å². The number of rotatable bonds is 3. The Morgan fingerprint density at radius 3 is 2.65 bits per heavy atom. The van der Waals surface area contributed by atoms with Crippen LogP contribution in [0.2, 0.25) is 0 Å². The van der Waals surface area contributed by atoms with Crippen molar-refractivity contribution >= 4 is 15.9 Å². The lowest BCUT2D eigenvalue weighted by Crippen LogP contribution is -2.27. The minimum atomic E-state index is 0.390. The van der Waals surface area contributed by atoms with Crippen LogP contribution in [0.25, 0.3) is 0 Å². The van der Waals surface area contributed by atoms with E-state index in [1.165, 1.54) is 18.4 Å². The lowest BCUT2D eigenvalue weighted by Gasteiger charge is -2.26. The van der Waals surface area contributed by atoms with Gasteiger partial charge in [-0.05, 0) is 47.4 Å². The molecule has 1 unspecified atom stereocenters. The molecule has 1 aliphatic rings. The summed E-state index contributed by atoms with van der Waals surface area (Å²) in [6, 6.07) is 4.46. The highest BCUT2D eigenvalue weighted by atomic mass is 79.9. The number of nitrogens with one attached hydrogen (secondary N) is 1. The predicted molar refractivity (Wildman–Crippen MR) is 71.8 cm³/mol. The third-order valence-electron chi connectivity index (χ3n) is 3.20. The van der Waals surface area contributed by atoms with Crippen molar-refractivity contribution in [3.8, 4) is 11.5 Å². The van der Waals surface area contributed by atoms with Gasteiger partial charge in [0.2, 0.25) is 0 Å². The van der Waals surface area contributed by atoms with E-state index in [1.807, 2.05) is 6.07 Å². The topological polar surface area (TPSA) is 30.5 Å². The second-order valence-corrected chi connectivity index (χ2v) is 5.00. The molecule has 1 saturated heterocycles. The van der Waals surface area contributed by atoms with E-state index in [0.29, 0.717) is 6.04 Å². The monoisotopic (exact) mass is 299 g/mol. The molecule has 94 valence electrons. The van der Waals surface area contributed by atoms with Gasteiger partial charge in [0.25, 0.3) is 0 Å². The van der Waals surface area contributed by atoms with E-state index in [2.05, 4.69) is 27.3 Å². The Balaban J connectivity index is 2.35. The third-order valence-corrected chi connectivity index (χ3v) is 3.95. The molecule has 17 heavy (non-hydrogen) atoms. The molecule has 0 bridgehead atoms. The van der Waals surface area contributed by atoms with Crippen LogP contribution in [0.1, 0.15) is 30.9 Å². The molecule has 3 nitrogen and oxygen atoms in total. The summed E-state index contributed by atoms with van der Waals surface area (Å²) in [5.41, 5.74) is 1.21. The Hall–Kier alpha value is -0.740. The third kappa shape index (κ3) is 2.58. The Labute approximate surface area is 111 Å². The van der Waals surface area contributed by atoms with Gasteiger partial charge in [-0.3, -0.25) is 0 Å². The summed E-state index contributed by atoms with van der Waals surface area (Å²) in [6.07, 6.45) is 3.69. The van der Waals surface area contributed by atoms with Gasteiger partial charge < -0.3 is 14.8 Å². The maximum atomic E-state index is 5.50. The van der Waals surface area contributed by atoms with Gasteiger partial charge in [0.1, 0.15) is 16.0 Å². The summed E-state index contributed by atoms with van der Waals surface area (Å²) in [4.78, 5) is 0. The molecule has 1 heterocycles. The number of halogens is 1. The quantitative estimate of drug-likeness (QED) is 0.929. The van der Waals surface area contributed by atoms with Crippen LogP contribution in [0, 0.1) is 0 Å². The van der Waals surface area contributed by atoms with E-state index in [9.17, 15) is 0 Å². The van der Waals surface area contributed by atoms with E-state index >= 15 is 0 Å². The molecule has 1 fully saturated rings. The van der Waals surface area contributed by atoms with E-state index in [-0.39, 0.29) is 0 Å². The van der Waals surface area contributed by atoms with Crippen molar-refractivity contribution in [3.63, 3.8) is 0 Å². The van der Waals surface area contributed by atoms with Gasteiger partial charge in [0, 0.05) is 11.6 Å². The summed E-state index contributed by atoms with van der Waals surface area (Å²) in [7, 11) is 3.37. The van der Waals surface area contributed by atoms with Crippen LogP contribution in [0.3, 0.4) is 0 Å². The van der Waals surface area contributed by atoms with E-state index in [0.717, 1.165) is 28.9 Å². The summed E-state index contributed by atoms with van der Waals surface area (Å²) in [6.45, 7) is 1.08. The number of benzene rings is 1. The van der Waals surface area contributed by atoms with E-state index in [1.54, 1.807) is 14.2 Å². The largest absolute Gasteiger partial charge is 0.495 e. The predicted octanol–water partition coefficient (Wildman–Crippen LogP) is 3.28. The molecular weight excluding hydrogens is 282 g/mol. The second kappa shape index (κ2) is 5.74. The van der Waals surface area contributed by atoms with Gasteiger partial charge in [-0.1, -0.05) is 6.42 Å². The fourth-order valence-corrected chi connectivity index (χ4v) is 2.99. The molecule has 0 radical (unpaired) electrons. The van der Waals surface area contributed by atoms with Crippen LogP contribution in [-0.4, -0.2) is 20.8 Å². The van der Waals surface area contributed by atoms with Crippen molar-refractivity contribution in [1.29, 1.82) is 0 Å². The highest BCUT2D eigenvalue weighted by Crippen LogP contribution is 2.41. The molecule has 4 heteroatoms. The van der Waals surface area contributed by atoms with Gasteiger partial charge >= 0.3 is 0 Å². The highest BCUT2D eigenvalue weighted by molar-refractivity contribution is 9.10. The average Bonchev–Trinajstić information content (AvgIpc) is 2.39. The van der Waals surface area contributed by atoms with Crippen molar-refractivity contribution in [2.45, 2.75) is 25.3 Å². The molecule has 1 aromatic rings. The van der Waals surface area contributed by atoms with Crippen molar-refractivity contribution in [2.75, 3.05) is 20.8 Å². The normalized spacial score (nSPS) is 20.1. The number of hydrogen-bond acceptors (Lipinski definition) is 3. The van der Waals surface area contributed by atoms with Crippen molar-refractivity contribution in [1.82, 2.24) is 5.32 Å². The lowest BCUT2D eigenvalue weighted by molar-refractivity contribution is 0.363. The second-order valence-electron chi connectivity index (χ2n) is 4.21. The fraction of sp³-hybridized carbons (Fsp3) is 0.538. The van der Waals surface area contributed by atoms with Crippen molar-refractivity contribution < 1.29 is 9.47 Å². The zero-order chi connectivity index (χ0) is 12.3. The van der Waals surface area contributed by atoms with Crippen LogP contribution in [0.15, 0.2) is 16.6 Å². The number of methoxy groups -OCH3 is 2. The first-order valence-electron chi connectivity index (χ1n) is 5.91.